The van der Waals surface area contributed by atoms with Crippen molar-refractivity contribution in [2.45, 2.75) is 64.3 Å². The molecule has 28 heavy (non-hydrogen) atoms. The van der Waals surface area contributed by atoms with Gasteiger partial charge in [-0.3, -0.25) is 24.0 Å². The Hall–Kier alpha value is -2.73. The highest BCUT2D eigenvalue weighted by molar-refractivity contribution is 5.70. The largest absolute Gasteiger partial charge is 0.481 e. The maximum atomic E-state index is 11.6. The van der Waals surface area contributed by atoms with Gasteiger partial charge in [-0.05, 0) is 0 Å². The average Bonchev–Trinajstić information content (AvgIpc) is 2.50. The summed E-state index contributed by atoms with van der Waals surface area (Å²) in [6.07, 6.45) is -7.45. The first-order valence-corrected chi connectivity index (χ1v) is 8.12. The Labute approximate surface area is 159 Å². The molecule has 1 saturated heterocycles. The number of hydrogen-bond acceptors (Lipinski definition) is 11. The van der Waals surface area contributed by atoms with Gasteiger partial charge in [-0.25, -0.2) is 0 Å². The van der Waals surface area contributed by atoms with Crippen molar-refractivity contribution in [3.63, 3.8) is 0 Å². The zero-order valence-electron chi connectivity index (χ0n) is 15.7. The molecule has 0 aliphatic carbocycles. The molecule has 1 unspecified atom stereocenters. The smallest absolute Gasteiger partial charge is 0.308 e. The summed E-state index contributed by atoms with van der Waals surface area (Å²) in [5.41, 5.74) is 0. The first-order valence-electron chi connectivity index (χ1n) is 8.12. The monoisotopic (exact) mass is 406 g/mol. The highest BCUT2D eigenvalue weighted by atomic mass is 16.7. The van der Waals surface area contributed by atoms with Crippen LogP contribution >= 0.6 is 0 Å². The van der Waals surface area contributed by atoms with E-state index in [0.717, 1.165) is 27.7 Å². The van der Waals surface area contributed by atoms with Crippen LogP contribution in [0.15, 0.2) is 0 Å². The molecule has 12 heteroatoms. The van der Waals surface area contributed by atoms with Gasteiger partial charge in [-0.2, -0.15) is 0 Å². The standard InChI is InChI=1S/C16H22O12/c1-7(17)24-6-11-13(25-8(2)18)14(26-9(3)19)15(27-10(4)20)16(23,28-11)5-12(21)22/h11,13-15,23H,5-6H2,1-4H3,(H,21,22)/t11-,13-,14+,15+,16?/m1/s1. The molecule has 158 valence electrons. The van der Waals surface area contributed by atoms with Crippen LogP contribution in [0.4, 0.5) is 0 Å². The van der Waals surface area contributed by atoms with E-state index in [1.54, 1.807) is 0 Å². The lowest BCUT2D eigenvalue weighted by atomic mass is 9.90. The highest BCUT2D eigenvalue weighted by Crippen LogP contribution is 2.36. The Morgan fingerprint density at radius 3 is 1.79 bits per heavy atom. The van der Waals surface area contributed by atoms with E-state index in [0.29, 0.717) is 0 Å². The molecule has 0 radical (unpaired) electrons. The second kappa shape index (κ2) is 9.46. The van der Waals surface area contributed by atoms with Crippen molar-refractivity contribution >= 4 is 29.8 Å². The van der Waals surface area contributed by atoms with Gasteiger partial charge in [0.15, 0.2) is 18.3 Å². The van der Waals surface area contributed by atoms with E-state index in [9.17, 15) is 29.1 Å². The van der Waals surface area contributed by atoms with Gasteiger partial charge in [0, 0.05) is 27.7 Å². The number of carbonyl (C=O) groups excluding carboxylic acids is 4. The Balaban J connectivity index is 3.43. The number of rotatable bonds is 7. The fourth-order valence-corrected chi connectivity index (χ4v) is 2.72. The fourth-order valence-electron chi connectivity index (χ4n) is 2.72. The zero-order chi connectivity index (χ0) is 21.6. The molecule has 2 N–H and O–H groups in total. The lowest BCUT2D eigenvalue weighted by Crippen LogP contribution is -2.68. The number of aliphatic hydroxyl groups is 1. The average molecular weight is 406 g/mol. The predicted molar refractivity (Wildman–Crippen MR) is 85.4 cm³/mol. The molecular formula is C16H22O12. The van der Waals surface area contributed by atoms with E-state index in [1.807, 2.05) is 0 Å². The van der Waals surface area contributed by atoms with Gasteiger partial charge >= 0.3 is 29.8 Å². The molecule has 1 fully saturated rings. The summed E-state index contributed by atoms with van der Waals surface area (Å²) in [5, 5.41) is 19.9. The summed E-state index contributed by atoms with van der Waals surface area (Å²) in [6.45, 7) is 3.52. The highest BCUT2D eigenvalue weighted by Gasteiger charge is 2.60. The summed E-state index contributed by atoms with van der Waals surface area (Å²) in [7, 11) is 0. The Morgan fingerprint density at radius 2 is 1.36 bits per heavy atom. The lowest BCUT2D eigenvalue weighted by molar-refractivity contribution is -0.351. The molecule has 1 aliphatic heterocycles. The van der Waals surface area contributed by atoms with Crippen molar-refractivity contribution in [2.75, 3.05) is 6.61 Å². The third-order valence-electron chi connectivity index (χ3n) is 3.54. The molecular weight excluding hydrogens is 384 g/mol. The SMILES string of the molecule is CC(=O)OC[C@H]1OC(O)(CC(=O)O)[C@@H](OC(C)=O)[C@@H](OC(C)=O)[C@@H]1OC(C)=O. The van der Waals surface area contributed by atoms with Crippen LogP contribution in [0, 0.1) is 0 Å². The zero-order valence-corrected chi connectivity index (χ0v) is 15.7. The van der Waals surface area contributed by atoms with E-state index in [-0.39, 0.29) is 0 Å². The number of ether oxygens (including phenoxy) is 5. The molecule has 0 saturated carbocycles. The number of carbonyl (C=O) groups is 5. The normalized spacial score (nSPS) is 29.3. The van der Waals surface area contributed by atoms with Crippen LogP contribution in [0.5, 0.6) is 0 Å². The van der Waals surface area contributed by atoms with Crippen molar-refractivity contribution in [2.24, 2.45) is 0 Å². The first kappa shape index (κ1) is 23.3. The summed E-state index contributed by atoms with van der Waals surface area (Å²) in [5.74, 6) is -7.63. The van der Waals surface area contributed by atoms with Crippen molar-refractivity contribution < 1.29 is 57.9 Å². The van der Waals surface area contributed by atoms with Crippen LogP contribution in [-0.4, -0.2) is 76.9 Å². The minimum absolute atomic E-state index is 0.570. The molecule has 12 nitrogen and oxygen atoms in total. The summed E-state index contributed by atoms with van der Waals surface area (Å²) in [6, 6.07) is 0. The minimum Gasteiger partial charge on any atom is -0.481 e. The molecule has 1 rings (SSSR count). The lowest BCUT2D eigenvalue weighted by Gasteiger charge is -2.48. The van der Waals surface area contributed by atoms with Gasteiger partial charge in [0.05, 0.1) is 0 Å². The Morgan fingerprint density at radius 1 is 0.857 bits per heavy atom. The van der Waals surface area contributed by atoms with Crippen LogP contribution in [0.3, 0.4) is 0 Å². The maximum absolute atomic E-state index is 11.6. The second-order valence-electron chi connectivity index (χ2n) is 6.05. The second-order valence-corrected chi connectivity index (χ2v) is 6.05. The minimum atomic E-state index is -2.67. The van der Waals surface area contributed by atoms with Crippen LogP contribution in [0.2, 0.25) is 0 Å². The number of esters is 4. The van der Waals surface area contributed by atoms with Crippen LogP contribution in [0.1, 0.15) is 34.1 Å². The summed E-state index contributed by atoms with van der Waals surface area (Å²) in [4.78, 5) is 56.9. The van der Waals surface area contributed by atoms with Crippen LogP contribution < -0.4 is 0 Å². The van der Waals surface area contributed by atoms with Crippen molar-refractivity contribution in [1.29, 1.82) is 0 Å². The van der Waals surface area contributed by atoms with Crippen molar-refractivity contribution in [3.8, 4) is 0 Å². The van der Waals surface area contributed by atoms with Crippen molar-refractivity contribution in [3.05, 3.63) is 0 Å². The molecule has 0 aromatic carbocycles. The molecule has 0 aromatic heterocycles. The van der Waals surface area contributed by atoms with E-state index < -0.39 is 73.1 Å². The molecule has 1 heterocycles. The number of aliphatic carboxylic acids is 1. The molecule has 0 aromatic rings. The van der Waals surface area contributed by atoms with E-state index in [1.165, 1.54) is 0 Å². The molecule has 5 atom stereocenters. The summed E-state index contributed by atoms with van der Waals surface area (Å²) >= 11 is 0. The number of carboxylic acids is 1. The quantitative estimate of drug-likeness (QED) is 0.387. The van der Waals surface area contributed by atoms with E-state index >= 15 is 0 Å². The van der Waals surface area contributed by atoms with Gasteiger partial charge in [0.2, 0.25) is 5.79 Å². The Bertz CT molecular complexity index is 644. The van der Waals surface area contributed by atoms with E-state index in [4.69, 9.17) is 28.8 Å². The van der Waals surface area contributed by atoms with Crippen LogP contribution in [0.25, 0.3) is 0 Å². The number of hydrogen-bond donors (Lipinski definition) is 2. The van der Waals surface area contributed by atoms with E-state index in [2.05, 4.69) is 0 Å². The van der Waals surface area contributed by atoms with Crippen LogP contribution in [-0.2, 0) is 47.7 Å². The molecule has 0 bridgehead atoms. The molecule has 0 amide bonds. The van der Waals surface area contributed by atoms with Gasteiger partial charge in [0.1, 0.15) is 19.1 Å². The summed E-state index contributed by atoms with van der Waals surface area (Å²) < 4.78 is 25.2. The molecule has 0 spiro atoms. The number of carboxylic acid groups (broad SMARTS) is 1. The first-order chi connectivity index (χ1) is 12.9. The van der Waals surface area contributed by atoms with Gasteiger partial charge in [0.25, 0.3) is 0 Å². The van der Waals surface area contributed by atoms with Crippen molar-refractivity contribution in [1.82, 2.24) is 0 Å². The maximum Gasteiger partial charge on any atom is 0.308 e. The van der Waals surface area contributed by atoms with Gasteiger partial charge in [-0.1, -0.05) is 0 Å². The fraction of sp³-hybridized carbons (Fsp3) is 0.688. The topological polar surface area (TPSA) is 172 Å². The third kappa shape index (κ3) is 6.46. The van der Waals surface area contributed by atoms with Gasteiger partial charge in [-0.15, -0.1) is 0 Å². The molecule has 1 aliphatic rings. The van der Waals surface area contributed by atoms with Gasteiger partial charge < -0.3 is 33.9 Å². The Kier molecular flexibility index (Phi) is 7.88. The predicted octanol–water partition coefficient (Wildman–Crippen LogP) is -1.09. The third-order valence-corrected chi connectivity index (χ3v) is 3.54.